The predicted octanol–water partition coefficient (Wildman–Crippen LogP) is 2.22. The quantitative estimate of drug-likeness (QED) is 0.451. The molecule has 1 aromatic heterocycles. The molecule has 188 valence electrons. The lowest BCUT2D eigenvalue weighted by atomic mass is 10.0. The molecule has 1 saturated heterocycles. The summed E-state index contributed by atoms with van der Waals surface area (Å²) in [5, 5.41) is 10.5. The van der Waals surface area contributed by atoms with E-state index in [0.717, 1.165) is 80.3 Å². The number of benzene rings is 1. The molecule has 0 amide bonds. The van der Waals surface area contributed by atoms with Crippen molar-refractivity contribution >= 4 is 17.8 Å². The van der Waals surface area contributed by atoms with Gasteiger partial charge in [-0.05, 0) is 52.1 Å². The number of hydrogen-bond acceptors (Lipinski definition) is 9. The van der Waals surface area contributed by atoms with Crippen LogP contribution in [0.1, 0.15) is 23.7 Å². The molecule has 1 N–H and O–H groups in total. The van der Waals surface area contributed by atoms with Gasteiger partial charge in [0.15, 0.2) is 0 Å². The standard InChI is InChI=1S/C26H36N6O3/c1-19-7-5-8-23(34)24(19)32-11-9-21-22(18-32)27-26(35-20(2)17-29(3)4)28-25(21)31-14-12-30(13-15-31)10-6-16-33/h5-8,10,16,20,34H,9,11-15,17-18H2,1-4H3/t20-/m1/s1. The molecular formula is C26H36N6O3. The number of ether oxygens (including phenoxy) is 1. The first-order chi connectivity index (χ1) is 16.9. The van der Waals surface area contributed by atoms with E-state index in [1.807, 2.05) is 46.3 Å². The minimum atomic E-state index is -0.0543. The molecule has 0 aliphatic carbocycles. The first kappa shape index (κ1) is 24.8. The maximum atomic E-state index is 10.7. The van der Waals surface area contributed by atoms with Gasteiger partial charge in [-0.2, -0.15) is 9.97 Å². The smallest absolute Gasteiger partial charge is 0.318 e. The molecular weight excluding hydrogens is 444 g/mol. The number of aryl methyl sites for hydroxylation is 1. The monoisotopic (exact) mass is 480 g/mol. The summed E-state index contributed by atoms with van der Waals surface area (Å²) < 4.78 is 6.17. The van der Waals surface area contributed by atoms with Crippen molar-refractivity contribution in [3.63, 3.8) is 0 Å². The normalized spacial score (nSPS) is 17.1. The maximum absolute atomic E-state index is 10.7. The van der Waals surface area contributed by atoms with E-state index in [1.54, 1.807) is 6.07 Å². The number of allylic oxidation sites excluding steroid dienone is 1. The number of anilines is 2. The van der Waals surface area contributed by atoms with Crippen LogP contribution in [0.5, 0.6) is 11.8 Å². The van der Waals surface area contributed by atoms with Crippen LogP contribution in [0.2, 0.25) is 0 Å². The molecule has 0 spiro atoms. The Morgan fingerprint density at radius 1 is 1.14 bits per heavy atom. The van der Waals surface area contributed by atoms with Crippen LogP contribution in [-0.4, -0.2) is 90.6 Å². The number of rotatable bonds is 8. The SMILES string of the molecule is Cc1cccc(O)c1N1CCc2c(nc(O[C@H](C)CN(C)C)nc2N2CCN(C=CC=O)CC2)C1. The summed E-state index contributed by atoms with van der Waals surface area (Å²) in [7, 11) is 4.04. The maximum Gasteiger partial charge on any atom is 0.318 e. The number of carbonyl (C=O) groups excluding carboxylic acids is 1. The van der Waals surface area contributed by atoms with Gasteiger partial charge < -0.3 is 29.4 Å². The summed E-state index contributed by atoms with van der Waals surface area (Å²) in [5.74, 6) is 1.23. The van der Waals surface area contributed by atoms with Crippen molar-refractivity contribution in [3.05, 3.63) is 47.3 Å². The molecule has 0 bridgehead atoms. The predicted molar refractivity (Wildman–Crippen MR) is 137 cm³/mol. The Labute approximate surface area is 207 Å². The minimum Gasteiger partial charge on any atom is -0.506 e. The fourth-order valence-electron chi connectivity index (χ4n) is 4.92. The molecule has 0 saturated carbocycles. The summed E-state index contributed by atoms with van der Waals surface area (Å²) in [4.78, 5) is 29.1. The van der Waals surface area contributed by atoms with Gasteiger partial charge >= 0.3 is 6.01 Å². The molecule has 0 radical (unpaired) electrons. The summed E-state index contributed by atoms with van der Waals surface area (Å²) in [6, 6.07) is 6.02. The van der Waals surface area contributed by atoms with Crippen LogP contribution >= 0.6 is 0 Å². The second-order valence-corrected chi connectivity index (χ2v) is 9.56. The highest BCUT2D eigenvalue weighted by Gasteiger charge is 2.29. The Balaban J connectivity index is 1.63. The van der Waals surface area contributed by atoms with E-state index in [0.29, 0.717) is 18.3 Å². The number of aromatic hydroxyl groups is 1. The highest BCUT2D eigenvalue weighted by Crippen LogP contribution is 2.36. The third-order valence-electron chi connectivity index (χ3n) is 6.47. The number of hydrogen-bond donors (Lipinski definition) is 1. The first-order valence-corrected chi connectivity index (χ1v) is 12.2. The van der Waals surface area contributed by atoms with E-state index in [1.165, 1.54) is 6.08 Å². The van der Waals surface area contributed by atoms with Crippen molar-refractivity contribution in [2.24, 2.45) is 0 Å². The zero-order valence-corrected chi connectivity index (χ0v) is 21.1. The van der Waals surface area contributed by atoms with Gasteiger partial charge in [0.05, 0.1) is 17.9 Å². The van der Waals surface area contributed by atoms with E-state index < -0.39 is 0 Å². The zero-order chi connectivity index (χ0) is 24.9. The molecule has 3 heterocycles. The van der Waals surface area contributed by atoms with Crippen molar-refractivity contribution in [3.8, 4) is 11.8 Å². The van der Waals surface area contributed by atoms with Gasteiger partial charge in [-0.15, -0.1) is 0 Å². The second-order valence-electron chi connectivity index (χ2n) is 9.56. The molecule has 35 heavy (non-hydrogen) atoms. The van der Waals surface area contributed by atoms with Gasteiger partial charge in [-0.25, -0.2) is 0 Å². The summed E-state index contributed by atoms with van der Waals surface area (Å²) in [5.41, 5.74) is 3.99. The van der Waals surface area contributed by atoms with Crippen molar-refractivity contribution in [2.45, 2.75) is 32.9 Å². The van der Waals surface area contributed by atoms with Crippen molar-refractivity contribution in [1.29, 1.82) is 0 Å². The lowest BCUT2D eigenvalue weighted by Gasteiger charge is -2.38. The second kappa shape index (κ2) is 10.9. The first-order valence-electron chi connectivity index (χ1n) is 12.2. The Kier molecular flexibility index (Phi) is 7.75. The lowest BCUT2D eigenvalue weighted by molar-refractivity contribution is -0.104. The molecule has 9 heteroatoms. The van der Waals surface area contributed by atoms with Gasteiger partial charge in [-0.3, -0.25) is 4.79 Å². The topological polar surface area (TPSA) is 85.3 Å². The molecule has 1 fully saturated rings. The molecule has 0 unspecified atom stereocenters. The van der Waals surface area contributed by atoms with E-state index in [9.17, 15) is 9.90 Å². The summed E-state index contributed by atoms with van der Waals surface area (Å²) in [6.45, 7) is 9.43. The Hall–Kier alpha value is -3.33. The van der Waals surface area contributed by atoms with Crippen LogP contribution in [0.4, 0.5) is 11.5 Å². The van der Waals surface area contributed by atoms with Crippen LogP contribution in [0.3, 0.4) is 0 Å². The van der Waals surface area contributed by atoms with E-state index in [2.05, 4.69) is 19.6 Å². The third kappa shape index (κ3) is 5.85. The van der Waals surface area contributed by atoms with Gasteiger partial charge in [0.2, 0.25) is 0 Å². The fraction of sp³-hybridized carbons (Fsp3) is 0.500. The van der Waals surface area contributed by atoms with Crippen molar-refractivity contribution in [2.75, 3.05) is 63.2 Å². The molecule has 1 atom stereocenters. The minimum absolute atomic E-state index is 0.0543. The Morgan fingerprint density at radius 3 is 2.60 bits per heavy atom. The zero-order valence-electron chi connectivity index (χ0n) is 21.1. The van der Waals surface area contributed by atoms with Crippen molar-refractivity contribution in [1.82, 2.24) is 19.8 Å². The number of likely N-dealkylation sites (N-methyl/N-ethyl adjacent to an activating group) is 1. The van der Waals surface area contributed by atoms with Crippen LogP contribution < -0.4 is 14.5 Å². The van der Waals surface area contributed by atoms with Gasteiger partial charge in [-0.1, -0.05) is 12.1 Å². The molecule has 1 aromatic carbocycles. The number of para-hydroxylation sites is 1. The number of aromatic nitrogens is 2. The van der Waals surface area contributed by atoms with Crippen LogP contribution in [-0.2, 0) is 17.8 Å². The average molecular weight is 481 g/mol. The van der Waals surface area contributed by atoms with Gasteiger partial charge in [0, 0.05) is 51.0 Å². The van der Waals surface area contributed by atoms with Crippen molar-refractivity contribution < 1.29 is 14.6 Å². The van der Waals surface area contributed by atoms with Gasteiger partial charge in [0.1, 0.15) is 24.0 Å². The number of nitrogens with zero attached hydrogens (tertiary/aromatic N) is 6. The van der Waals surface area contributed by atoms with E-state index >= 15 is 0 Å². The van der Waals surface area contributed by atoms with Crippen LogP contribution in [0.15, 0.2) is 30.5 Å². The average Bonchev–Trinajstić information content (AvgIpc) is 2.82. The van der Waals surface area contributed by atoms with E-state index in [-0.39, 0.29) is 6.10 Å². The lowest BCUT2D eigenvalue weighted by Crippen LogP contribution is -2.45. The van der Waals surface area contributed by atoms with Gasteiger partial charge in [0.25, 0.3) is 0 Å². The largest absolute Gasteiger partial charge is 0.506 e. The number of phenolic OH excluding ortho intramolecular Hbond substituents is 1. The highest BCUT2D eigenvalue weighted by molar-refractivity contribution is 5.65. The molecule has 2 aliphatic rings. The Morgan fingerprint density at radius 2 is 1.91 bits per heavy atom. The number of phenols is 1. The van der Waals surface area contributed by atoms with Crippen LogP contribution in [0.25, 0.3) is 0 Å². The number of carbonyl (C=O) groups is 1. The molecule has 4 rings (SSSR count). The highest BCUT2D eigenvalue weighted by atomic mass is 16.5. The number of fused-ring (bicyclic) bond motifs is 1. The third-order valence-corrected chi connectivity index (χ3v) is 6.47. The number of piperazine rings is 1. The van der Waals surface area contributed by atoms with E-state index in [4.69, 9.17) is 14.7 Å². The molecule has 2 aromatic rings. The molecule has 9 nitrogen and oxygen atoms in total. The summed E-state index contributed by atoms with van der Waals surface area (Å²) >= 11 is 0. The Bertz CT molecular complexity index is 1050. The number of aldehydes is 1. The fourth-order valence-corrected chi connectivity index (χ4v) is 4.92. The summed E-state index contributed by atoms with van der Waals surface area (Å²) in [6.07, 6.45) is 4.93. The molecule has 2 aliphatic heterocycles. The van der Waals surface area contributed by atoms with Crippen LogP contribution in [0, 0.1) is 6.92 Å².